The highest BCUT2D eigenvalue weighted by Crippen LogP contribution is 2.06. The average molecular weight is 264 g/mol. The largest absolute Gasteiger partial charge is 0.379 e. The Hall–Kier alpha value is -0.170. The van der Waals surface area contributed by atoms with Gasteiger partial charge in [0.25, 0.3) is 10.2 Å². The fourth-order valence-corrected chi connectivity index (χ4v) is 2.97. The van der Waals surface area contributed by atoms with Gasteiger partial charge in [0.15, 0.2) is 0 Å². The third-order valence-electron chi connectivity index (χ3n) is 2.80. The van der Waals surface area contributed by atoms with Gasteiger partial charge >= 0.3 is 0 Å². The summed E-state index contributed by atoms with van der Waals surface area (Å²) in [5, 5.41) is 0. The van der Waals surface area contributed by atoms with Gasteiger partial charge in [0, 0.05) is 19.6 Å². The van der Waals surface area contributed by atoms with E-state index in [2.05, 4.69) is 18.6 Å². The van der Waals surface area contributed by atoms with Gasteiger partial charge in [-0.15, -0.1) is 0 Å². The molecule has 0 aromatic rings. The molecule has 0 amide bonds. The van der Waals surface area contributed by atoms with Crippen LogP contribution in [0.2, 0.25) is 0 Å². The monoisotopic (exact) mass is 264 g/mol. The fraction of sp³-hybridized carbons (Fsp3) is 1.00. The second-order valence-corrected chi connectivity index (χ2v) is 6.56. The van der Waals surface area contributed by atoms with Crippen LogP contribution in [0.4, 0.5) is 0 Å². The summed E-state index contributed by atoms with van der Waals surface area (Å²) in [4.78, 5) is 0. The molecule has 1 rings (SSSR count). The Morgan fingerprint density at radius 2 is 1.88 bits per heavy atom. The van der Waals surface area contributed by atoms with Gasteiger partial charge in [0.1, 0.15) is 0 Å². The Morgan fingerprint density at radius 3 is 2.47 bits per heavy atom. The molecule has 1 aliphatic heterocycles. The molecule has 1 saturated heterocycles. The molecule has 0 radical (unpaired) electrons. The van der Waals surface area contributed by atoms with Gasteiger partial charge in [-0.1, -0.05) is 26.7 Å². The molecule has 1 N–H and O–H groups in total. The van der Waals surface area contributed by atoms with E-state index in [1.807, 2.05) is 0 Å². The highest BCUT2D eigenvalue weighted by molar-refractivity contribution is 7.87. The van der Waals surface area contributed by atoms with Crippen molar-refractivity contribution in [2.24, 2.45) is 5.92 Å². The van der Waals surface area contributed by atoms with Crippen molar-refractivity contribution in [3.8, 4) is 0 Å². The third kappa shape index (κ3) is 5.81. The number of nitrogens with one attached hydrogen (secondary N) is 1. The Kier molecular flexibility index (Phi) is 6.40. The molecule has 0 aromatic carbocycles. The zero-order chi connectivity index (χ0) is 12.7. The number of unbranched alkanes of at least 4 members (excludes halogenated alkanes) is 1. The summed E-state index contributed by atoms with van der Waals surface area (Å²) in [6.07, 6.45) is 3.13. The van der Waals surface area contributed by atoms with Crippen LogP contribution >= 0.6 is 0 Å². The molecule has 0 atom stereocenters. The lowest BCUT2D eigenvalue weighted by Crippen LogP contribution is -2.46. The lowest BCUT2D eigenvalue weighted by molar-refractivity contribution is 0.0725. The molecule has 102 valence electrons. The third-order valence-corrected chi connectivity index (χ3v) is 4.42. The molecular formula is C11H24N2O3S. The maximum atomic E-state index is 11.8. The van der Waals surface area contributed by atoms with E-state index in [9.17, 15) is 8.42 Å². The summed E-state index contributed by atoms with van der Waals surface area (Å²) in [5.74, 6) is 0.686. The minimum absolute atomic E-state index is 0.460. The topological polar surface area (TPSA) is 58.6 Å². The average Bonchev–Trinajstić information content (AvgIpc) is 2.29. The van der Waals surface area contributed by atoms with Crippen molar-refractivity contribution in [1.82, 2.24) is 9.03 Å². The van der Waals surface area contributed by atoms with Crippen molar-refractivity contribution in [2.45, 2.75) is 33.1 Å². The van der Waals surface area contributed by atoms with Crippen LogP contribution in [0.5, 0.6) is 0 Å². The second-order valence-electron chi connectivity index (χ2n) is 4.80. The van der Waals surface area contributed by atoms with E-state index in [4.69, 9.17) is 4.74 Å². The van der Waals surface area contributed by atoms with Crippen LogP contribution in [0.3, 0.4) is 0 Å². The van der Waals surface area contributed by atoms with Crippen molar-refractivity contribution in [1.29, 1.82) is 0 Å². The fourth-order valence-electron chi connectivity index (χ4n) is 1.76. The molecule has 0 bridgehead atoms. The predicted molar refractivity (Wildman–Crippen MR) is 68.0 cm³/mol. The summed E-state index contributed by atoms with van der Waals surface area (Å²) < 4.78 is 32.9. The maximum absolute atomic E-state index is 11.8. The van der Waals surface area contributed by atoms with E-state index in [0.717, 1.165) is 19.3 Å². The van der Waals surface area contributed by atoms with E-state index < -0.39 is 10.2 Å². The van der Waals surface area contributed by atoms with Crippen LogP contribution in [0.1, 0.15) is 33.1 Å². The lowest BCUT2D eigenvalue weighted by atomic mass is 10.1. The lowest BCUT2D eigenvalue weighted by Gasteiger charge is -2.26. The Labute approximate surface area is 105 Å². The van der Waals surface area contributed by atoms with Crippen molar-refractivity contribution >= 4 is 10.2 Å². The summed E-state index contributed by atoms with van der Waals surface area (Å²) >= 11 is 0. The van der Waals surface area contributed by atoms with Crippen LogP contribution in [-0.2, 0) is 14.9 Å². The van der Waals surface area contributed by atoms with E-state index in [1.165, 1.54) is 4.31 Å². The number of morpholine rings is 1. The highest BCUT2D eigenvalue weighted by Gasteiger charge is 2.23. The van der Waals surface area contributed by atoms with E-state index >= 15 is 0 Å². The molecule has 1 heterocycles. The van der Waals surface area contributed by atoms with E-state index in [0.29, 0.717) is 38.8 Å². The predicted octanol–water partition coefficient (Wildman–Crippen LogP) is 0.979. The van der Waals surface area contributed by atoms with Crippen LogP contribution in [-0.4, -0.2) is 45.6 Å². The summed E-state index contributed by atoms with van der Waals surface area (Å²) in [7, 11) is -3.28. The Morgan fingerprint density at radius 1 is 1.24 bits per heavy atom. The van der Waals surface area contributed by atoms with Crippen LogP contribution in [0.25, 0.3) is 0 Å². The van der Waals surface area contributed by atoms with Gasteiger partial charge < -0.3 is 4.74 Å². The summed E-state index contributed by atoms with van der Waals surface area (Å²) in [6, 6.07) is 0. The molecule has 6 heteroatoms. The quantitative estimate of drug-likeness (QED) is 0.697. The zero-order valence-corrected chi connectivity index (χ0v) is 11.6. The molecule has 0 aromatic heterocycles. The molecular weight excluding hydrogens is 240 g/mol. The molecule has 5 nitrogen and oxygen atoms in total. The second kappa shape index (κ2) is 7.31. The summed E-state index contributed by atoms with van der Waals surface area (Å²) in [6.45, 7) is 6.80. The summed E-state index contributed by atoms with van der Waals surface area (Å²) in [5.41, 5.74) is 0. The van der Waals surface area contributed by atoms with Crippen LogP contribution in [0, 0.1) is 5.92 Å². The van der Waals surface area contributed by atoms with Crippen LogP contribution in [0.15, 0.2) is 0 Å². The first kappa shape index (κ1) is 14.9. The smallest absolute Gasteiger partial charge is 0.279 e. The van der Waals surface area contributed by atoms with Crippen molar-refractivity contribution in [3.05, 3.63) is 0 Å². The van der Waals surface area contributed by atoms with Gasteiger partial charge in [-0.2, -0.15) is 12.7 Å². The van der Waals surface area contributed by atoms with Crippen molar-refractivity contribution in [2.75, 3.05) is 32.8 Å². The van der Waals surface area contributed by atoms with Gasteiger partial charge in [-0.25, -0.2) is 4.72 Å². The number of ether oxygens (including phenoxy) is 1. The first-order valence-corrected chi connectivity index (χ1v) is 7.79. The number of rotatable bonds is 7. The maximum Gasteiger partial charge on any atom is 0.279 e. The number of hydrogen-bond acceptors (Lipinski definition) is 3. The standard InChI is InChI=1S/C11H24N2O3S/c1-11(2)5-3-4-6-12-17(14,15)13-7-9-16-10-8-13/h11-12H,3-10H2,1-2H3. The van der Waals surface area contributed by atoms with Crippen molar-refractivity contribution < 1.29 is 13.2 Å². The molecule has 0 spiro atoms. The highest BCUT2D eigenvalue weighted by atomic mass is 32.2. The molecule has 1 aliphatic rings. The van der Waals surface area contributed by atoms with Gasteiger partial charge in [-0.05, 0) is 12.3 Å². The molecule has 0 unspecified atom stereocenters. The van der Waals surface area contributed by atoms with Gasteiger partial charge in [-0.3, -0.25) is 0 Å². The number of nitrogens with zero attached hydrogens (tertiary/aromatic N) is 1. The van der Waals surface area contributed by atoms with Gasteiger partial charge in [0.05, 0.1) is 13.2 Å². The Balaban J connectivity index is 2.20. The zero-order valence-electron chi connectivity index (χ0n) is 10.8. The van der Waals surface area contributed by atoms with Crippen molar-refractivity contribution in [3.63, 3.8) is 0 Å². The molecule has 1 fully saturated rings. The minimum Gasteiger partial charge on any atom is -0.379 e. The van der Waals surface area contributed by atoms with Gasteiger partial charge in [0.2, 0.25) is 0 Å². The van der Waals surface area contributed by atoms with E-state index in [-0.39, 0.29) is 0 Å². The number of hydrogen-bond donors (Lipinski definition) is 1. The van der Waals surface area contributed by atoms with E-state index in [1.54, 1.807) is 0 Å². The van der Waals surface area contributed by atoms with Crippen LogP contribution < -0.4 is 4.72 Å². The first-order valence-electron chi connectivity index (χ1n) is 6.35. The molecule has 17 heavy (non-hydrogen) atoms. The SMILES string of the molecule is CC(C)CCCCNS(=O)(=O)N1CCOCC1. The minimum atomic E-state index is -3.28. The molecule has 0 aliphatic carbocycles. The normalized spacial score (nSPS) is 18.8. The molecule has 0 saturated carbocycles. The Bertz CT molecular complexity index is 298. The first-order chi connectivity index (χ1) is 8.02.